The van der Waals surface area contributed by atoms with Crippen LogP contribution in [0.25, 0.3) is 0 Å². The molecule has 1 aromatic carbocycles. The van der Waals surface area contributed by atoms with Gasteiger partial charge in [0.2, 0.25) is 0 Å². The van der Waals surface area contributed by atoms with Crippen LogP contribution in [0.1, 0.15) is 38.8 Å². The second-order valence-electron chi connectivity index (χ2n) is 5.77. The number of nitrogens with zero attached hydrogens (tertiary/aromatic N) is 1. The van der Waals surface area contributed by atoms with Gasteiger partial charge in [-0.1, -0.05) is 19.9 Å². The molecule has 1 unspecified atom stereocenters. The summed E-state index contributed by atoms with van der Waals surface area (Å²) in [7, 11) is 0. The lowest BCUT2D eigenvalue weighted by atomic mass is 9.93. The smallest absolute Gasteiger partial charge is 0.124 e. The van der Waals surface area contributed by atoms with E-state index in [1.54, 1.807) is 18.2 Å². The van der Waals surface area contributed by atoms with Gasteiger partial charge in [0.05, 0.1) is 5.56 Å². The summed E-state index contributed by atoms with van der Waals surface area (Å²) >= 11 is 0. The van der Waals surface area contributed by atoms with E-state index in [0.717, 1.165) is 19.5 Å². The van der Waals surface area contributed by atoms with Gasteiger partial charge in [0, 0.05) is 12.6 Å². The molecule has 0 amide bonds. The number of hydrogen-bond acceptors (Lipinski definition) is 3. The van der Waals surface area contributed by atoms with E-state index in [1.807, 2.05) is 6.92 Å². The summed E-state index contributed by atoms with van der Waals surface area (Å²) in [5, 5.41) is 19.7. The van der Waals surface area contributed by atoms with Gasteiger partial charge in [0.25, 0.3) is 0 Å². The van der Waals surface area contributed by atoms with Crippen molar-refractivity contribution in [1.82, 2.24) is 4.90 Å². The van der Waals surface area contributed by atoms with Crippen molar-refractivity contribution in [2.45, 2.75) is 33.2 Å². The Kier molecular flexibility index (Phi) is 3.04. The number of rotatable bonds is 2. The standard InChI is InChI=1S/C14H21NO2/c1-10(15-8-7-14(2,3)9-15)13-11(16)5-4-6-12(13)17/h4-6,10,16-17H,7-9H2,1-3H3. The van der Waals surface area contributed by atoms with Crippen molar-refractivity contribution in [3.63, 3.8) is 0 Å². The highest BCUT2D eigenvalue weighted by Gasteiger charge is 2.33. The van der Waals surface area contributed by atoms with Gasteiger partial charge in [-0.05, 0) is 37.4 Å². The monoisotopic (exact) mass is 235 g/mol. The number of hydrogen-bond donors (Lipinski definition) is 2. The minimum Gasteiger partial charge on any atom is -0.507 e. The molecule has 0 spiro atoms. The lowest BCUT2D eigenvalue weighted by Crippen LogP contribution is -2.26. The highest BCUT2D eigenvalue weighted by atomic mass is 16.3. The topological polar surface area (TPSA) is 43.7 Å². The van der Waals surface area contributed by atoms with Crippen LogP contribution in [0.5, 0.6) is 11.5 Å². The first-order valence-corrected chi connectivity index (χ1v) is 6.16. The van der Waals surface area contributed by atoms with Crippen molar-refractivity contribution < 1.29 is 10.2 Å². The summed E-state index contributed by atoms with van der Waals surface area (Å²) in [5.74, 6) is 0.365. The predicted molar refractivity (Wildman–Crippen MR) is 68.2 cm³/mol. The van der Waals surface area contributed by atoms with Crippen LogP contribution in [0.15, 0.2) is 18.2 Å². The lowest BCUT2D eigenvalue weighted by Gasteiger charge is -2.27. The van der Waals surface area contributed by atoms with Crippen LogP contribution in [-0.4, -0.2) is 28.2 Å². The normalized spacial score (nSPS) is 21.6. The molecule has 1 aliphatic heterocycles. The molecule has 0 saturated carbocycles. The summed E-state index contributed by atoms with van der Waals surface area (Å²) in [6, 6.07) is 4.98. The Bertz CT molecular complexity index is 394. The first-order chi connectivity index (χ1) is 7.91. The number of aromatic hydroxyl groups is 2. The molecule has 3 heteroatoms. The third kappa shape index (κ3) is 2.39. The minimum absolute atomic E-state index is 0.0537. The zero-order valence-electron chi connectivity index (χ0n) is 10.8. The zero-order chi connectivity index (χ0) is 12.6. The van der Waals surface area contributed by atoms with Crippen molar-refractivity contribution in [3.05, 3.63) is 23.8 Å². The fraction of sp³-hybridized carbons (Fsp3) is 0.571. The van der Waals surface area contributed by atoms with Crippen molar-refractivity contribution >= 4 is 0 Å². The molecule has 1 fully saturated rings. The number of benzene rings is 1. The Morgan fingerprint density at radius 1 is 1.24 bits per heavy atom. The van der Waals surface area contributed by atoms with Crippen LogP contribution >= 0.6 is 0 Å². The quantitative estimate of drug-likeness (QED) is 0.828. The van der Waals surface area contributed by atoms with E-state index in [2.05, 4.69) is 18.7 Å². The second kappa shape index (κ2) is 4.22. The number of phenols is 2. The third-order valence-corrected chi connectivity index (χ3v) is 3.73. The first-order valence-electron chi connectivity index (χ1n) is 6.16. The van der Waals surface area contributed by atoms with E-state index in [4.69, 9.17) is 0 Å². The SMILES string of the molecule is CC(c1c(O)cccc1O)N1CCC(C)(C)C1. The average Bonchev–Trinajstić information content (AvgIpc) is 2.58. The highest BCUT2D eigenvalue weighted by Crippen LogP contribution is 2.40. The van der Waals surface area contributed by atoms with Gasteiger partial charge in [-0.2, -0.15) is 0 Å². The average molecular weight is 235 g/mol. The maximum atomic E-state index is 9.87. The molecular formula is C14H21NO2. The molecule has 0 aromatic heterocycles. The molecule has 1 atom stereocenters. The van der Waals surface area contributed by atoms with Crippen LogP contribution in [-0.2, 0) is 0 Å². The molecular weight excluding hydrogens is 214 g/mol. The van der Waals surface area contributed by atoms with Gasteiger partial charge in [0.15, 0.2) is 0 Å². The third-order valence-electron chi connectivity index (χ3n) is 3.73. The molecule has 1 saturated heterocycles. The molecule has 2 N–H and O–H groups in total. The van der Waals surface area contributed by atoms with Crippen LogP contribution in [0.3, 0.4) is 0 Å². The van der Waals surface area contributed by atoms with Crippen molar-refractivity contribution in [2.75, 3.05) is 13.1 Å². The summed E-state index contributed by atoms with van der Waals surface area (Å²) < 4.78 is 0. The minimum atomic E-state index is 0.0537. The van der Waals surface area contributed by atoms with E-state index in [1.165, 1.54) is 0 Å². The molecule has 94 valence electrons. The molecule has 0 bridgehead atoms. The molecule has 0 radical (unpaired) electrons. The van der Waals surface area contributed by atoms with Crippen LogP contribution < -0.4 is 0 Å². The predicted octanol–water partition coefficient (Wildman–Crippen LogP) is 2.89. The highest BCUT2D eigenvalue weighted by molar-refractivity contribution is 5.45. The van der Waals surface area contributed by atoms with Gasteiger partial charge in [-0.15, -0.1) is 0 Å². The van der Waals surface area contributed by atoms with Crippen LogP contribution in [0.4, 0.5) is 0 Å². The molecule has 0 aliphatic carbocycles. The summed E-state index contributed by atoms with van der Waals surface area (Å²) in [6.07, 6.45) is 1.16. The largest absolute Gasteiger partial charge is 0.507 e. The fourth-order valence-electron chi connectivity index (χ4n) is 2.64. The van der Waals surface area contributed by atoms with Gasteiger partial charge >= 0.3 is 0 Å². The van der Waals surface area contributed by atoms with E-state index in [-0.39, 0.29) is 17.5 Å². The lowest BCUT2D eigenvalue weighted by molar-refractivity contribution is 0.224. The van der Waals surface area contributed by atoms with E-state index in [9.17, 15) is 10.2 Å². The Balaban J connectivity index is 2.23. The fourth-order valence-corrected chi connectivity index (χ4v) is 2.64. The van der Waals surface area contributed by atoms with E-state index < -0.39 is 0 Å². The summed E-state index contributed by atoms with van der Waals surface area (Å²) in [5.41, 5.74) is 0.971. The molecule has 1 heterocycles. The first kappa shape index (κ1) is 12.2. The molecule has 17 heavy (non-hydrogen) atoms. The maximum Gasteiger partial charge on any atom is 0.124 e. The Labute approximate surface area is 103 Å². The van der Waals surface area contributed by atoms with Crippen LogP contribution in [0.2, 0.25) is 0 Å². The second-order valence-corrected chi connectivity index (χ2v) is 5.77. The van der Waals surface area contributed by atoms with Gasteiger partial charge in [0.1, 0.15) is 11.5 Å². The van der Waals surface area contributed by atoms with E-state index >= 15 is 0 Å². The van der Waals surface area contributed by atoms with Gasteiger partial charge in [-0.25, -0.2) is 0 Å². The molecule has 3 nitrogen and oxygen atoms in total. The summed E-state index contributed by atoms with van der Waals surface area (Å²) in [6.45, 7) is 8.56. The molecule has 1 aliphatic rings. The van der Waals surface area contributed by atoms with Crippen molar-refractivity contribution in [2.24, 2.45) is 5.41 Å². The maximum absolute atomic E-state index is 9.87. The van der Waals surface area contributed by atoms with Crippen molar-refractivity contribution in [3.8, 4) is 11.5 Å². The Morgan fingerprint density at radius 2 is 1.82 bits per heavy atom. The summed E-state index contributed by atoms with van der Waals surface area (Å²) in [4.78, 5) is 2.31. The molecule has 1 aromatic rings. The molecule has 2 rings (SSSR count). The van der Waals surface area contributed by atoms with E-state index in [0.29, 0.717) is 11.0 Å². The van der Waals surface area contributed by atoms with Crippen LogP contribution in [0, 0.1) is 5.41 Å². The Morgan fingerprint density at radius 3 is 2.29 bits per heavy atom. The number of phenolic OH excluding ortho intramolecular Hbond substituents is 2. The van der Waals surface area contributed by atoms with Crippen molar-refractivity contribution in [1.29, 1.82) is 0 Å². The number of likely N-dealkylation sites (tertiary alicyclic amines) is 1. The van der Waals surface area contributed by atoms with Gasteiger partial charge < -0.3 is 10.2 Å². The Hall–Kier alpha value is -1.22. The van der Waals surface area contributed by atoms with Gasteiger partial charge in [-0.3, -0.25) is 4.90 Å². The zero-order valence-corrected chi connectivity index (χ0v) is 10.8.